The van der Waals surface area contributed by atoms with E-state index in [-0.39, 0.29) is 22.8 Å². The maximum absolute atomic E-state index is 13.5. The van der Waals surface area contributed by atoms with E-state index < -0.39 is 0 Å². The first-order chi connectivity index (χ1) is 11.8. The van der Waals surface area contributed by atoms with Crippen molar-refractivity contribution in [3.8, 4) is 11.5 Å². The van der Waals surface area contributed by atoms with Crippen LogP contribution in [0.5, 0.6) is 11.5 Å². The Balaban J connectivity index is 2.08. The van der Waals surface area contributed by atoms with Gasteiger partial charge >= 0.3 is 0 Å². The van der Waals surface area contributed by atoms with E-state index in [1.165, 1.54) is 0 Å². The number of piperidine rings is 1. The van der Waals surface area contributed by atoms with Gasteiger partial charge in [0.2, 0.25) is 5.91 Å². The number of ether oxygens (including phenoxy) is 2. The third-order valence-corrected chi connectivity index (χ3v) is 5.75. The molecular weight excluding hydrogens is 316 g/mol. The lowest BCUT2D eigenvalue weighted by atomic mass is 9.69. The largest absolute Gasteiger partial charge is 0.497 e. The topological polar surface area (TPSA) is 50.8 Å². The van der Waals surface area contributed by atoms with E-state index >= 15 is 0 Å². The van der Waals surface area contributed by atoms with Crippen molar-refractivity contribution in [1.82, 2.24) is 10.2 Å². The van der Waals surface area contributed by atoms with Crippen LogP contribution in [-0.2, 0) is 4.79 Å². The van der Waals surface area contributed by atoms with Crippen LogP contribution in [0.15, 0.2) is 18.2 Å². The molecule has 5 heteroatoms. The quantitative estimate of drug-likeness (QED) is 0.914. The number of rotatable bonds is 3. The lowest BCUT2D eigenvalue weighted by molar-refractivity contribution is -0.141. The molecule has 2 fully saturated rings. The number of benzene rings is 1. The second kappa shape index (κ2) is 6.52. The summed E-state index contributed by atoms with van der Waals surface area (Å²) in [7, 11) is 3.34. The van der Waals surface area contributed by atoms with E-state index in [0.717, 1.165) is 49.5 Å². The van der Waals surface area contributed by atoms with Crippen LogP contribution in [-0.4, -0.2) is 50.2 Å². The highest BCUT2D eigenvalue weighted by molar-refractivity contribution is 5.88. The standard InChI is InChI=1S/C20H30N2O3/c1-19(2,3)22-12-16(20(18(22)23)9-6-10-21-13-20)15-8-7-14(24-4)11-17(15)25-5/h7-8,11,16,21H,6,9-10,12-13H2,1-5H3/t16-,20-/m0/s1. The van der Waals surface area contributed by atoms with Crippen LogP contribution in [0.25, 0.3) is 0 Å². The van der Waals surface area contributed by atoms with Gasteiger partial charge in [0, 0.05) is 36.2 Å². The van der Waals surface area contributed by atoms with Gasteiger partial charge in [-0.25, -0.2) is 0 Å². The second-order valence-electron chi connectivity index (χ2n) is 8.18. The van der Waals surface area contributed by atoms with Gasteiger partial charge in [0.15, 0.2) is 0 Å². The molecule has 1 N–H and O–H groups in total. The molecule has 1 amide bonds. The van der Waals surface area contributed by atoms with Crippen molar-refractivity contribution < 1.29 is 14.3 Å². The minimum atomic E-state index is -0.382. The summed E-state index contributed by atoms with van der Waals surface area (Å²) in [5.41, 5.74) is 0.538. The van der Waals surface area contributed by atoms with Crippen molar-refractivity contribution in [2.24, 2.45) is 5.41 Å². The first kappa shape index (κ1) is 18.1. The third kappa shape index (κ3) is 2.99. The molecule has 0 saturated carbocycles. The summed E-state index contributed by atoms with van der Waals surface area (Å²) in [5, 5.41) is 3.47. The first-order valence-corrected chi connectivity index (χ1v) is 9.08. The van der Waals surface area contributed by atoms with E-state index in [1.54, 1.807) is 14.2 Å². The van der Waals surface area contributed by atoms with Gasteiger partial charge in [-0.2, -0.15) is 0 Å². The van der Waals surface area contributed by atoms with E-state index in [1.807, 2.05) is 17.0 Å². The van der Waals surface area contributed by atoms with Crippen molar-refractivity contribution in [3.05, 3.63) is 23.8 Å². The number of likely N-dealkylation sites (tertiary alicyclic amines) is 1. The Labute approximate surface area is 150 Å². The number of methoxy groups -OCH3 is 2. The van der Waals surface area contributed by atoms with Gasteiger partial charge in [-0.1, -0.05) is 6.07 Å². The molecule has 2 atom stereocenters. The number of carbonyl (C=O) groups excluding carboxylic acids is 1. The summed E-state index contributed by atoms with van der Waals surface area (Å²) in [4.78, 5) is 15.5. The lowest BCUT2D eigenvalue weighted by Gasteiger charge is -2.38. The van der Waals surface area contributed by atoms with Crippen molar-refractivity contribution in [2.45, 2.75) is 45.1 Å². The van der Waals surface area contributed by atoms with Gasteiger partial charge in [-0.3, -0.25) is 4.79 Å². The van der Waals surface area contributed by atoms with E-state index in [2.05, 4.69) is 32.2 Å². The van der Waals surface area contributed by atoms with Gasteiger partial charge in [-0.05, 0) is 46.2 Å². The molecule has 2 aliphatic heterocycles. The molecule has 2 heterocycles. The molecular formula is C20H30N2O3. The number of hydrogen-bond acceptors (Lipinski definition) is 4. The maximum Gasteiger partial charge on any atom is 0.231 e. The number of hydrogen-bond donors (Lipinski definition) is 1. The lowest BCUT2D eigenvalue weighted by Crippen LogP contribution is -2.50. The SMILES string of the molecule is COc1ccc([C@@H]2CN(C(C)(C)C)C(=O)[C@]23CCCNC3)c(OC)c1. The van der Waals surface area contributed by atoms with Crippen molar-refractivity contribution in [2.75, 3.05) is 33.9 Å². The van der Waals surface area contributed by atoms with Crippen LogP contribution in [0.4, 0.5) is 0 Å². The fourth-order valence-corrected chi connectivity index (χ4v) is 4.35. The monoisotopic (exact) mass is 346 g/mol. The number of carbonyl (C=O) groups is 1. The number of nitrogens with zero attached hydrogens (tertiary/aromatic N) is 1. The second-order valence-corrected chi connectivity index (χ2v) is 8.18. The van der Waals surface area contributed by atoms with Gasteiger partial charge in [0.05, 0.1) is 19.6 Å². The Bertz CT molecular complexity index is 645. The molecule has 1 aromatic carbocycles. The van der Waals surface area contributed by atoms with Gasteiger partial charge in [-0.15, -0.1) is 0 Å². The molecule has 3 rings (SSSR count). The minimum Gasteiger partial charge on any atom is -0.497 e. The highest BCUT2D eigenvalue weighted by atomic mass is 16.5. The first-order valence-electron chi connectivity index (χ1n) is 9.08. The minimum absolute atomic E-state index is 0.118. The predicted molar refractivity (Wildman–Crippen MR) is 98.3 cm³/mol. The summed E-state index contributed by atoms with van der Waals surface area (Å²) in [6, 6.07) is 5.95. The fourth-order valence-electron chi connectivity index (χ4n) is 4.35. The molecule has 0 bridgehead atoms. The normalized spacial score (nSPS) is 27.0. The summed E-state index contributed by atoms with van der Waals surface area (Å²) in [6.07, 6.45) is 1.95. The molecule has 2 saturated heterocycles. The Morgan fingerprint density at radius 1 is 1.24 bits per heavy atom. The molecule has 138 valence electrons. The highest BCUT2D eigenvalue weighted by Crippen LogP contribution is 2.51. The molecule has 0 aliphatic carbocycles. The zero-order valence-corrected chi connectivity index (χ0v) is 16.0. The van der Waals surface area contributed by atoms with Crippen LogP contribution >= 0.6 is 0 Å². The van der Waals surface area contributed by atoms with Crippen molar-refractivity contribution >= 4 is 5.91 Å². The maximum atomic E-state index is 13.5. The van der Waals surface area contributed by atoms with Crippen LogP contribution in [0.1, 0.15) is 45.1 Å². The summed E-state index contributed by atoms with van der Waals surface area (Å²) in [5.74, 6) is 1.97. The Morgan fingerprint density at radius 3 is 2.56 bits per heavy atom. The third-order valence-electron chi connectivity index (χ3n) is 5.75. The number of nitrogens with one attached hydrogen (secondary N) is 1. The van der Waals surface area contributed by atoms with E-state index in [9.17, 15) is 4.79 Å². The Morgan fingerprint density at radius 2 is 2.00 bits per heavy atom. The summed E-state index contributed by atoms with van der Waals surface area (Å²) in [6.45, 7) is 8.79. The Hall–Kier alpha value is -1.75. The van der Waals surface area contributed by atoms with E-state index in [4.69, 9.17) is 9.47 Å². The van der Waals surface area contributed by atoms with E-state index in [0.29, 0.717) is 0 Å². The average Bonchev–Trinajstić information content (AvgIpc) is 2.87. The molecule has 1 spiro atoms. The molecule has 0 unspecified atom stereocenters. The highest BCUT2D eigenvalue weighted by Gasteiger charge is 2.57. The molecule has 0 aromatic heterocycles. The molecule has 0 radical (unpaired) electrons. The molecule has 1 aromatic rings. The summed E-state index contributed by atoms with van der Waals surface area (Å²) >= 11 is 0. The molecule has 25 heavy (non-hydrogen) atoms. The zero-order valence-electron chi connectivity index (χ0n) is 16.0. The van der Waals surface area contributed by atoms with Crippen LogP contribution in [0, 0.1) is 5.41 Å². The predicted octanol–water partition coefficient (Wildman–Crippen LogP) is 2.80. The van der Waals surface area contributed by atoms with Crippen molar-refractivity contribution in [1.29, 1.82) is 0 Å². The Kier molecular flexibility index (Phi) is 4.71. The average molecular weight is 346 g/mol. The van der Waals surface area contributed by atoms with Crippen LogP contribution in [0.2, 0.25) is 0 Å². The van der Waals surface area contributed by atoms with Crippen LogP contribution < -0.4 is 14.8 Å². The van der Waals surface area contributed by atoms with Gasteiger partial charge < -0.3 is 19.7 Å². The fraction of sp³-hybridized carbons (Fsp3) is 0.650. The number of amides is 1. The van der Waals surface area contributed by atoms with Gasteiger partial charge in [0.1, 0.15) is 11.5 Å². The summed E-state index contributed by atoms with van der Waals surface area (Å²) < 4.78 is 11.0. The smallest absolute Gasteiger partial charge is 0.231 e. The van der Waals surface area contributed by atoms with Crippen LogP contribution in [0.3, 0.4) is 0 Å². The molecule has 5 nitrogen and oxygen atoms in total. The van der Waals surface area contributed by atoms with Crippen molar-refractivity contribution in [3.63, 3.8) is 0 Å². The molecule has 2 aliphatic rings. The van der Waals surface area contributed by atoms with Gasteiger partial charge in [0.25, 0.3) is 0 Å². The zero-order chi connectivity index (χ0) is 18.2.